The zero-order valence-corrected chi connectivity index (χ0v) is 17.8. The quantitative estimate of drug-likeness (QED) is 0.519. The van der Waals surface area contributed by atoms with Crippen molar-refractivity contribution >= 4 is 16.7 Å². The number of nitriles is 1. The number of likely N-dealkylation sites (tertiary alicyclic amines) is 1. The maximum Gasteiger partial charge on any atom is 0.336 e. The molecule has 2 aromatic heterocycles. The third-order valence-electron chi connectivity index (χ3n) is 6.70. The van der Waals surface area contributed by atoms with Gasteiger partial charge in [0.2, 0.25) is 5.88 Å². The van der Waals surface area contributed by atoms with Gasteiger partial charge in [-0.1, -0.05) is 42.0 Å². The number of rotatable bonds is 2. The molecular formula is C25H19N5O3. The maximum atomic E-state index is 13.4. The minimum atomic E-state index is -0.380. The summed E-state index contributed by atoms with van der Waals surface area (Å²) in [6.07, 6.45) is 2.04. The highest BCUT2D eigenvalue weighted by Crippen LogP contribution is 2.49. The summed E-state index contributed by atoms with van der Waals surface area (Å²) < 4.78 is 2.85. The maximum absolute atomic E-state index is 13.4. The van der Waals surface area contributed by atoms with Crippen molar-refractivity contribution in [2.75, 3.05) is 6.54 Å². The first-order chi connectivity index (χ1) is 16.0. The summed E-state index contributed by atoms with van der Waals surface area (Å²) >= 11 is 0. The number of aryl methyl sites for hydroxylation is 1. The molecule has 0 unspecified atom stereocenters. The highest BCUT2D eigenvalue weighted by atomic mass is 16.3. The van der Waals surface area contributed by atoms with E-state index in [-0.39, 0.29) is 35.3 Å². The van der Waals surface area contributed by atoms with Crippen LogP contribution in [0.15, 0.2) is 59.5 Å². The van der Waals surface area contributed by atoms with Gasteiger partial charge in [0, 0.05) is 22.9 Å². The molecule has 0 spiro atoms. The fourth-order valence-corrected chi connectivity index (χ4v) is 5.28. The summed E-state index contributed by atoms with van der Waals surface area (Å²) in [6.45, 7) is 2.35. The first kappa shape index (κ1) is 19.3. The summed E-state index contributed by atoms with van der Waals surface area (Å²) in [5.41, 5.74) is 2.34. The number of hydrogen-bond donors (Lipinski definition) is 1. The Morgan fingerprint density at radius 2 is 1.97 bits per heavy atom. The lowest BCUT2D eigenvalue weighted by Gasteiger charge is -2.27. The van der Waals surface area contributed by atoms with Gasteiger partial charge in [-0.25, -0.2) is 14.3 Å². The highest BCUT2D eigenvalue weighted by Gasteiger charge is 2.49. The summed E-state index contributed by atoms with van der Waals surface area (Å²) in [5, 5.41) is 21.9. The summed E-state index contributed by atoms with van der Waals surface area (Å²) in [7, 11) is 0. The first-order valence-corrected chi connectivity index (χ1v) is 10.7. The van der Waals surface area contributed by atoms with Crippen molar-refractivity contribution in [2.24, 2.45) is 0 Å². The average molecular weight is 437 g/mol. The van der Waals surface area contributed by atoms with E-state index in [4.69, 9.17) is 0 Å². The highest BCUT2D eigenvalue weighted by molar-refractivity contribution is 5.95. The van der Waals surface area contributed by atoms with E-state index >= 15 is 0 Å². The molecule has 4 heterocycles. The van der Waals surface area contributed by atoms with Crippen LogP contribution in [0.1, 0.15) is 45.8 Å². The van der Waals surface area contributed by atoms with Crippen LogP contribution in [0, 0.1) is 18.3 Å². The average Bonchev–Trinajstić information content (AvgIpc) is 3.49. The van der Waals surface area contributed by atoms with E-state index in [0.29, 0.717) is 40.7 Å². The normalized spacial score (nSPS) is 18.5. The molecule has 0 aliphatic carbocycles. The van der Waals surface area contributed by atoms with Gasteiger partial charge in [0.05, 0.1) is 24.0 Å². The predicted molar refractivity (Wildman–Crippen MR) is 120 cm³/mol. The topological polar surface area (TPSA) is 104 Å². The van der Waals surface area contributed by atoms with Crippen LogP contribution in [0.4, 0.5) is 0 Å². The van der Waals surface area contributed by atoms with Crippen LogP contribution in [0.5, 0.6) is 5.88 Å². The molecule has 0 radical (unpaired) electrons. The Bertz CT molecular complexity index is 1580. The number of aromatic nitrogens is 3. The van der Waals surface area contributed by atoms with Crippen LogP contribution in [0.3, 0.4) is 0 Å². The number of hydrogen-bond acceptors (Lipinski definition) is 5. The van der Waals surface area contributed by atoms with E-state index < -0.39 is 0 Å². The molecule has 1 N–H and O–H groups in total. The van der Waals surface area contributed by atoms with Crippen LogP contribution in [-0.4, -0.2) is 36.6 Å². The molecular weight excluding hydrogens is 418 g/mol. The zero-order chi connectivity index (χ0) is 22.9. The van der Waals surface area contributed by atoms with Gasteiger partial charge < -0.3 is 10.0 Å². The van der Waals surface area contributed by atoms with E-state index in [1.165, 1.54) is 10.8 Å². The third-order valence-corrected chi connectivity index (χ3v) is 6.70. The molecule has 2 bridgehead atoms. The van der Waals surface area contributed by atoms with Gasteiger partial charge in [0.1, 0.15) is 17.5 Å². The minimum absolute atomic E-state index is 0.109. The van der Waals surface area contributed by atoms with Crippen molar-refractivity contribution in [3.05, 3.63) is 87.7 Å². The van der Waals surface area contributed by atoms with Crippen LogP contribution in [0.25, 0.3) is 16.5 Å². The lowest BCUT2D eigenvalue weighted by atomic mass is 10.1. The molecule has 2 aromatic carbocycles. The Kier molecular flexibility index (Phi) is 3.98. The Morgan fingerprint density at radius 1 is 1.18 bits per heavy atom. The predicted octanol–water partition coefficient (Wildman–Crippen LogP) is 3.21. The molecule has 4 aromatic rings. The third kappa shape index (κ3) is 2.59. The van der Waals surface area contributed by atoms with E-state index in [0.717, 1.165) is 5.56 Å². The second-order valence-electron chi connectivity index (χ2n) is 8.58. The Balaban J connectivity index is 1.48. The Labute approximate surface area is 188 Å². The smallest absolute Gasteiger partial charge is 0.336 e. The summed E-state index contributed by atoms with van der Waals surface area (Å²) in [5.74, 6) is -0.298. The number of nitrogens with zero attached hydrogens (tertiary/aromatic N) is 5. The fraction of sp³-hybridized carbons (Fsp3) is 0.200. The number of aromatic hydroxyl groups is 1. The van der Waals surface area contributed by atoms with Crippen LogP contribution >= 0.6 is 0 Å². The number of imidazole rings is 1. The number of benzene rings is 2. The van der Waals surface area contributed by atoms with Crippen LogP contribution in [0.2, 0.25) is 0 Å². The summed E-state index contributed by atoms with van der Waals surface area (Å²) in [4.78, 5) is 32.6. The number of carbonyl (C=O) groups is 1. The van der Waals surface area contributed by atoms with E-state index in [1.54, 1.807) is 33.7 Å². The molecule has 1 fully saturated rings. The molecule has 6 rings (SSSR count). The minimum Gasteiger partial charge on any atom is -0.493 e. The molecule has 8 nitrogen and oxygen atoms in total. The molecule has 0 saturated carbocycles. The monoisotopic (exact) mass is 437 g/mol. The van der Waals surface area contributed by atoms with E-state index in [1.807, 2.05) is 31.2 Å². The second-order valence-corrected chi connectivity index (χ2v) is 8.58. The lowest BCUT2D eigenvalue weighted by molar-refractivity contribution is 0.0711. The standard InChI is InChI=1S/C25H19N5O3/c1-14-5-4-6-15(9-14)23(31)28-13-16-10-20(28)22-24(32)30(25(33)29(16)22)21-12-27-19(11-26)17-7-2-3-8-18(17)21/h2-9,12,16,20,32H,10,13H2,1H3/t16-,20-/m0/s1. The summed E-state index contributed by atoms with van der Waals surface area (Å²) in [6, 6.07) is 16.1. The number of pyridine rings is 1. The first-order valence-electron chi connectivity index (χ1n) is 10.7. The molecule has 1 amide bonds. The van der Waals surface area contributed by atoms with Crippen molar-refractivity contribution in [3.8, 4) is 17.6 Å². The van der Waals surface area contributed by atoms with Crippen molar-refractivity contribution in [2.45, 2.75) is 25.4 Å². The number of fused-ring (bicyclic) bond motifs is 6. The fourth-order valence-electron chi connectivity index (χ4n) is 5.28. The number of carbonyl (C=O) groups excluding carboxylic acids is 1. The second kappa shape index (κ2) is 6.81. The van der Waals surface area contributed by atoms with Gasteiger partial charge in [-0.3, -0.25) is 9.36 Å². The molecule has 8 heteroatoms. The number of amides is 1. The van der Waals surface area contributed by atoms with Gasteiger partial charge in [-0.15, -0.1) is 0 Å². The van der Waals surface area contributed by atoms with E-state index in [9.17, 15) is 20.0 Å². The zero-order valence-electron chi connectivity index (χ0n) is 17.8. The van der Waals surface area contributed by atoms with Crippen LogP contribution < -0.4 is 5.69 Å². The largest absolute Gasteiger partial charge is 0.493 e. The van der Waals surface area contributed by atoms with Gasteiger partial charge in [-0.05, 0) is 25.5 Å². The Hall–Kier alpha value is -4.38. The van der Waals surface area contributed by atoms with Crippen molar-refractivity contribution in [1.82, 2.24) is 19.0 Å². The molecule has 2 atom stereocenters. The lowest BCUT2D eigenvalue weighted by Crippen LogP contribution is -2.37. The molecule has 33 heavy (non-hydrogen) atoms. The van der Waals surface area contributed by atoms with Crippen molar-refractivity contribution in [3.63, 3.8) is 0 Å². The molecule has 2 aliphatic heterocycles. The van der Waals surface area contributed by atoms with Crippen molar-refractivity contribution in [1.29, 1.82) is 5.26 Å². The van der Waals surface area contributed by atoms with E-state index in [2.05, 4.69) is 11.1 Å². The molecule has 1 saturated heterocycles. The molecule has 2 aliphatic rings. The SMILES string of the molecule is Cc1cccc(C(=O)N2C[C@@H]3C[C@H]2c2c(O)n(-c4cnc(C#N)c5ccccc45)c(=O)n23)c1. The van der Waals surface area contributed by atoms with Gasteiger partial charge in [-0.2, -0.15) is 5.26 Å². The molecule has 162 valence electrons. The van der Waals surface area contributed by atoms with Gasteiger partial charge in [0.25, 0.3) is 5.91 Å². The Morgan fingerprint density at radius 3 is 2.73 bits per heavy atom. The van der Waals surface area contributed by atoms with Crippen LogP contribution in [-0.2, 0) is 0 Å². The van der Waals surface area contributed by atoms with Gasteiger partial charge >= 0.3 is 5.69 Å². The van der Waals surface area contributed by atoms with Gasteiger partial charge in [0.15, 0.2) is 0 Å². The van der Waals surface area contributed by atoms with Crippen molar-refractivity contribution < 1.29 is 9.90 Å².